The van der Waals surface area contributed by atoms with Crippen molar-refractivity contribution in [3.8, 4) is 0 Å². The smallest absolute Gasteiger partial charge is 0.192 e. The summed E-state index contributed by atoms with van der Waals surface area (Å²) in [5, 5.41) is 0. The van der Waals surface area contributed by atoms with Crippen molar-refractivity contribution in [3.05, 3.63) is 29.7 Å². The zero-order valence-corrected chi connectivity index (χ0v) is 11.5. The van der Waals surface area contributed by atoms with Gasteiger partial charge in [0.2, 0.25) is 0 Å². The Labute approximate surface area is 112 Å². The molecule has 1 aliphatic heterocycles. The van der Waals surface area contributed by atoms with Crippen LogP contribution in [0.3, 0.4) is 0 Å². The van der Waals surface area contributed by atoms with Gasteiger partial charge < -0.3 is 14.9 Å². The summed E-state index contributed by atoms with van der Waals surface area (Å²) in [4.78, 5) is 4.42. The predicted octanol–water partition coefficient (Wildman–Crippen LogP) is 2.39. The fourth-order valence-electron chi connectivity index (χ4n) is 3.10. The summed E-state index contributed by atoms with van der Waals surface area (Å²) in [5.74, 6) is 1.16. The van der Waals surface area contributed by atoms with Crippen LogP contribution >= 0.6 is 0 Å². The number of hydrogen-bond donors (Lipinski definition) is 1. The fraction of sp³-hybridized carbons (Fsp3) is 0.533. The van der Waals surface area contributed by atoms with Gasteiger partial charge in [0.05, 0.1) is 13.2 Å². The first kappa shape index (κ1) is 12.6. The zero-order chi connectivity index (χ0) is 13.5. The van der Waals surface area contributed by atoms with Gasteiger partial charge in [0, 0.05) is 12.3 Å². The van der Waals surface area contributed by atoms with Crippen LogP contribution in [0.2, 0.25) is 0 Å². The Bertz CT molecular complexity index is 583. The monoisotopic (exact) mass is 260 g/mol. The van der Waals surface area contributed by atoms with Gasteiger partial charge in [0.15, 0.2) is 11.5 Å². The van der Waals surface area contributed by atoms with E-state index in [0.29, 0.717) is 18.4 Å². The van der Waals surface area contributed by atoms with Crippen LogP contribution in [0.15, 0.2) is 22.6 Å². The summed E-state index contributed by atoms with van der Waals surface area (Å²) in [6.07, 6.45) is 1.07. The summed E-state index contributed by atoms with van der Waals surface area (Å²) in [6.45, 7) is 6.26. The van der Waals surface area contributed by atoms with Crippen LogP contribution in [-0.2, 0) is 10.2 Å². The van der Waals surface area contributed by atoms with Gasteiger partial charge in [0.1, 0.15) is 5.52 Å². The van der Waals surface area contributed by atoms with Crippen molar-refractivity contribution >= 4 is 11.1 Å². The minimum absolute atomic E-state index is 0.0601. The number of benzene rings is 1. The van der Waals surface area contributed by atoms with Gasteiger partial charge in [-0.05, 0) is 30.2 Å². The van der Waals surface area contributed by atoms with Gasteiger partial charge in [-0.25, -0.2) is 4.98 Å². The Morgan fingerprint density at radius 3 is 2.79 bits per heavy atom. The second-order valence-corrected chi connectivity index (χ2v) is 5.41. The fourth-order valence-corrected chi connectivity index (χ4v) is 3.10. The molecule has 0 bridgehead atoms. The van der Waals surface area contributed by atoms with Crippen molar-refractivity contribution in [1.82, 2.24) is 4.98 Å². The van der Waals surface area contributed by atoms with Crippen LogP contribution < -0.4 is 5.73 Å². The van der Waals surface area contributed by atoms with E-state index in [0.717, 1.165) is 30.7 Å². The molecule has 0 radical (unpaired) electrons. The van der Waals surface area contributed by atoms with Gasteiger partial charge in [-0.3, -0.25) is 0 Å². The van der Waals surface area contributed by atoms with Crippen molar-refractivity contribution in [2.24, 2.45) is 11.7 Å². The molecule has 1 saturated heterocycles. The summed E-state index contributed by atoms with van der Waals surface area (Å²) < 4.78 is 11.0. The molecule has 0 saturated carbocycles. The van der Waals surface area contributed by atoms with E-state index in [1.165, 1.54) is 5.56 Å². The van der Waals surface area contributed by atoms with Crippen molar-refractivity contribution in [1.29, 1.82) is 0 Å². The molecule has 0 aliphatic carbocycles. The van der Waals surface area contributed by atoms with E-state index >= 15 is 0 Å². The number of rotatable bonds is 4. The number of fused-ring (bicyclic) bond motifs is 1. The van der Waals surface area contributed by atoms with Crippen molar-refractivity contribution in [2.75, 3.05) is 19.8 Å². The van der Waals surface area contributed by atoms with E-state index in [1.807, 2.05) is 13.0 Å². The molecule has 0 spiro atoms. The minimum Gasteiger partial charge on any atom is -0.441 e. The molecule has 4 nitrogen and oxygen atoms in total. The highest BCUT2D eigenvalue weighted by atomic mass is 16.5. The predicted molar refractivity (Wildman–Crippen MR) is 74.1 cm³/mol. The first-order valence-electron chi connectivity index (χ1n) is 6.85. The first-order valence-corrected chi connectivity index (χ1v) is 6.85. The van der Waals surface area contributed by atoms with Crippen molar-refractivity contribution in [3.63, 3.8) is 0 Å². The second kappa shape index (κ2) is 4.62. The van der Waals surface area contributed by atoms with E-state index in [-0.39, 0.29) is 5.41 Å². The third-order valence-electron chi connectivity index (χ3n) is 4.35. The van der Waals surface area contributed by atoms with E-state index in [2.05, 4.69) is 24.0 Å². The van der Waals surface area contributed by atoms with Gasteiger partial charge in [-0.15, -0.1) is 0 Å². The number of hydrogen-bond acceptors (Lipinski definition) is 4. The van der Waals surface area contributed by atoms with Crippen LogP contribution in [0.25, 0.3) is 11.1 Å². The molecule has 0 amide bonds. The number of aromatic nitrogens is 1. The Morgan fingerprint density at radius 2 is 2.21 bits per heavy atom. The van der Waals surface area contributed by atoms with Gasteiger partial charge in [0.25, 0.3) is 0 Å². The van der Waals surface area contributed by atoms with Gasteiger partial charge in [-0.1, -0.05) is 19.4 Å². The lowest BCUT2D eigenvalue weighted by molar-refractivity contribution is -0.0897. The van der Waals surface area contributed by atoms with Crippen LogP contribution in [0.1, 0.15) is 24.8 Å². The SMILES string of the molecule is CCC(CN)C1(c2ccc3oc(C)nc3c2)COC1. The average molecular weight is 260 g/mol. The van der Waals surface area contributed by atoms with Gasteiger partial charge in [-0.2, -0.15) is 0 Å². The molecule has 2 aromatic rings. The normalized spacial score (nSPS) is 19.3. The Hall–Kier alpha value is -1.39. The van der Waals surface area contributed by atoms with Crippen molar-refractivity contribution in [2.45, 2.75) is 25.7 Å². The van der Waals surface area contributed by atoms with Gasteiger partial charge >= 0.3 is 0 Å². The minimum atomic E-state index is 0.0601. The molecule has 1 aromatic heterocycles. The molecule has 2 heterocycles. The van der Waals surface area contributed by atoms with E-state index in [9.17, 15) is 0 Å². The maximum Gasteiger partial charge on any atom is 0.192 e. The largest absolute Gasteiger partial charge is 0.441 e. The topological polar surface area (TPSA) is 61.3 Å². The highest BCUT2D eigenvalue weighted by molar-refractivity contribution is 5.74. The maximum absolute atomic E-state index is 5.94. The molecule has 3 rings (SSSR count). The van der Waals surface area contributed by atoms with Crippen LogP contribution in [0.5, 0.6) is 0 Å². The molecule has 1 atom stereocenters. The van der Waals surface area contributed by atoms with Crippen LogP contribution in [-0.4, -0.2) is 24.7 Å². The second-order valence-electron chi connectivity index (χ2n) is 5.41. The third kappa shape index (κ3) is 1.86. The number of nitrogens with zero attached hydrogens (tertiary/aromatic N) is 1. The lowest BCUT2D eigenvalue weighted by atomic mass is 9.67. The van der Waals surface area contributed by atoms with Crippen LogP contribution in [0.4, 0.5) is 0 Å². The summed E-state index contributed by atoms with van der Waals surface area (Å²) in [7, 11) is 0. The quantitative estimate of drug-likeness (QED) is 0.917. The highest BCUT2D eigenvalue weighted by Gasteiger charge is 2.45. The van der Waals surface area contributed by atoms with Crippen molar-refractivity contribution < 1.29 is 9.15 Å². The summed E-state index contributed by atoms with van der Waals surface area (Å²) in [6, 6.07) is 6.27. The highest BCUT2D eigenvalue weighted by Crippen LogP contribution is 2.41. The molecule has 4 heteroatoms. The lowest BCUT2D eigenvalue weighted by Crippen LogP contribution is -2.54. The molecule has 1 aromatic carbocycles. The molecule has 1 aliphatic rings. The van der Waals surface area contributed by atoms with E-state index in [1.54, 1.807) is 0 Å². The Balaban J connectivity index is 2.05. The summed E-state index contributed by atoms with van der Waals surface area (Å²) >= 11 is 0. The van der Waals surface area contributed by atoms with E-state index in [4.69, 9.17) is 14.9 Å². The average Bonchev–Trinajstić information content (AvgIpc) is 2.72. The molecule has 1 unspecified atom stereocenters. The molecule has 2 N–H and O–H groups in total. The maximum atomic E-state index is 5.94. The zero-order valence-electron chi connectivity index (χ0n) is 11.5. The number of nitrogens with two attached hydrogens (primary N) is 1. The number of aryl methyl sites for hydroxylation is 1. The first-order chi connectivity index (χ1) is 9.19. The Morgan fingerprint density at radius 1 is 1.42 bits per heavy atom. The number of oxazole rings is 1. The lowest BCUT2D eigenvalue weighted by Gasteiger charge is -2.47. The van der Waals surface area contributed by atoms with E-state index < -0.39 is 0 Å². The summed E-state index contributed by atoms with van der Waals surface area (Å²) in [5.41, 5.74) is 9.05. The molecular formula is C15H20N2O2. The Kier molecular flexibility index (Phi) is 3.07. The molecule has 1 fully saturated rings. The third-order valence-corrected chi connectivity index (χ3v) is 4.35. The molecular weight excluding hydrogens is 240 g/mol. The molecule has 19 heavy (non-hydrogen) atoms. The standard InChI is InChI=1S/C15H20N2O2/c1-3-11(7-16)15(8-18-9-15)12-4-5-14-13(6-12)17-10(2)19-14/h4-6,11H,3,7-9,16H2,1-2H3. The number of ether oxygens (including phenoxy) is 1. The molecule has 102 valence electrons. The van der Waals surface area contributed by atoms with Crippen LogP contribution in [0, 0.1) is 12.8 Å².